The summed E-state index contributed by atoms with van der Waals surface area (Å²) in [5.74, 6) is 0.254. The largest absolute Gasteiger partial charge is 0.352 e. The number of ketones is 1. The summed E-state index contributed by atoms with van der Waals surface area (Å²) in [6, 6.07) is 9.87. The number of carbonyl (C=O) groups is 1. The van der Waals surface area contributed by atoms with Crippen molar-refractivity contribution in [2.75, 3.05) is 4.90 Å². The van der Waals surface area contributed by atoms with Gasteiger partial charge in [-0.25, -0.2) is 0 Å². The van der Waals surface area contributed by atoms with Crippen LogP contribution in [0.15, 0.2) is 43.0 Å². The molecule has 0 saturated carbocycles. The van der Waals surface area contributed by atoms with Gasteiger partial charge in [0.15, 0.2) is 5.78 Å². The monoisotopic (exact) mass is 215 g/mol. The van der Waals surface area contributed by atoms with E-state index in [1.807, 2.05) is 30.3 Å². The summed E-state index contributed by atoms with van der Waals surface area (Å²) in [4.78, 5) is 14.0. The number of rotatable bonds is 2. The number of hydrogen-bond acceptors (Lipinski definition) is 2. The Bertz CT molecular complexity index is 408. The van der Waals surface area contributed by atoms with Crippen molar-refractivity contribution >= 4 is 11.5 Å². The van der Waals surface area contributed by atoms with Crippen LogP contribution in [0.3, 0.4) is 0 Å². The third kappa shape index (κ3) is 1.64. The van der Waals surface area contributed by atoms with Crippen LogP contribution in [0, 0.1) is 0 Å². The summed E-state index contributed by atoms with van der Waals surface area (Å²) < 4.78 is 0. The lowest BCUT2D eigenvalue weighted by Crippen LogP contribution is -2.42. The maximum Gasteiger partial charge on any atom is 0.161 e. The van der Waals surface area contributed by atoms with E-state index in [1.54, 1.807) is 6.08 Å². The summed E-state index contributed by atoms with van der Waals surface area (Å²) in [7, 11) is 0. The van der Waals surface area contributed by atoms with Gasteiger partial charge in [-0.15, -0.1) is 6.58 Å². The number of para-hydroxylation sites is 1. The summed E-state index contributed by atoms with van der Waals surface area (Å²) >= 11 is 0. The van der Waals surface area contributed by atoms with E-state index in [9.17, 15) is 4.79 Å². The first-order chi connectivity index (χ1) is 7.56. The Morgan fingerprint density at radius 2 is 2.00 bits per heavy atom. The van der Waals surface area contributed by atoms with Crippen molar-refractivity contribution < 1.29 is 4.79 Å². The van der Waals surface area contributed by atoms with Crippen molar-refractivity contribution in [3.05, 3.63) is 43.0 Å². The van der Waals surface area contributed by atoms with Gasteiger partial charge in [0, 0.05) is 17.6 Å². The molecule has 1 aliphatic heterocycles. The fourth-order valence-electron chi connectivity index (χ4n) is 2.47. The van der Waals surface area contributed by atoms with Crippen LogP contribution < -0.4 is 4.90 Å². The zero-order valence-corrected chi connectivity index (χ0v) is 9.81. The van der Waals surface area contributed by atoms with Crippen LogP contribution in [0.1, 0.15) is 20.3 Å². The normalized spacial score (nSPS) is 23.5. The highest BCUT2D eigenvalue weighted by molar-refractivity contribution is 5.94. The second-order valence-corrected chi connectivity index (χ2v) is 4.84. The average molecular weight is 215 g/mol. The number of Topliss-reactive ketones (excluding diaryl/α,β-unsaturated/α-hetero) is 1. The van der Waals surface area contributed by atoms with Gasteiger partial charge in [-0.05, 0) is 26.0 Å². The molecule has 1 aromatic carbocycles. The van der Waals surface area contributed by atoms with E-state index in [0.29, 0.717) is 6.42 Å². The molecule has 0 aromatic heterocycles. The average Bonchev–Trinajstić information content (AvgIpc) is 2.48. The first-order valence-electron chi connectivity index (χ1n) is 5.56. The number of hydrogen-bond donors (Lipinski definition) is 0. The number of nitrogens with zero attached hydrogens (tertiary/aromatic N) is 1. The molecular formula is C14H17NO. The summed E-state index contributed by atoms with van der Waals surface area (Å²) in [6.45, 7) is 7.97. The topological polar surface area (TPSA) is 20.3 Å². The molecule has 1 aliphatic rings. The Hall–Kier alpha value is -1.57. The van der Waals surface area contributed by atoms with Crippen LogP contribution in [0.5, 0.6) is 0 Å². The first-order valence-corrected chi connectivity index (χ1v) is 5.56. The van der Waals surface area contributed by atoms with Crippen LogP contribution in [-0.2, 0) is 4.79 Å². The van der Waals surface area contributed by atoms with Crippen LogP contribution in [-0.4, -0.2) is 17.4 Å². The molecule has 1 fully saturated rings. The lowest BCUT2D eigenvalue weighted by Gasteiger charge is -2.35. The fraction of sp³-hybridized carbons (Fsp3) is 0.357. The minimum absolute atomic E-state index is 0.128. The van der Waals surface area contributed by atoms with Gasteiger partial charge in [0.25, 0.3) is 0 Å². The van der Waals surface area contributed by atoms with E-state index in [1.165, 1.54) is 0 Å². The third-order valence-electron chi connectivity index (χ3n) is 3.12. The van der Waals surface area contributed by atoms with Crippen molar-refractivity contribution in [2.45, 2.75) is 31.8 Å². The maximum absolute atomic E-state index is 11.9. The first kappa shape index (κ1) is 10.9. The van der Waals surface area contributed by atoms with Crippen molar-refractivity contribution in [1.29, 1.82) is 0 Å². The molecule has 0 radical (unpaired) electrons. The SMILES string of the molecule is C=CC1C(=O)CC(C)(C)N1c1ccccc1. The van der Waals surface area contributed by atoms with E-state index in [4.69, 9.17) is 0 Å². The van der Waals surface area contributed by atoms with Crippen molar-refractivity contribution in [3.8, 4) is 0 Å². The maximum atomic E-state index is 11.9. The Morgan fingerprint density at radius 3 is 2.56 bits per heavy atom. The second kappa shape index (κ2) is 3.78. The zero-order valence-electron chi connectivity index (χ0n) is 9.81. The van der Waals surface area contributed by atoms with Gasteiger partial charge in [-0.2, -0.15) is 0 Å². The highest BCUT2D eigenvalue weighted by Gasteiger charge is 2.43. The van der Waals surface area contributed by atoms with Gasteiger partial charge in [0.2, 0.25) is 0 Å². The van der Waals surface area contributed by atoms with E-state index in [0.717, 1.165) is 5.69 Å². The van der Waals surface area contributed by atoms with Crippen molar-refractivity contribution in [3.63, 3.8) is 0 Å². The molecule has 0 amide bonds. The van der Waals surface area contributed by atoms with Gasteiger partial charge in [0.1, 0.15) is 6.04 Å². The molecule has 2 rings (SSSR count). The smallest absolute Gasteiger partial charge is 0.161 e. The van der Waals surface area contributed by atoms with Crippen LogP contribution in [0.4, 0.5) is 5.69 Å². The van der Waals surface area contributed by atoms with Crippen LogP contribution in [0.25, 0.3) is 0 Å². The van der Waals surface area contributed by atoms with Crippen molar-refractivity contribution in [1.82, 2.24) is 0 Å². The quantitative estimate of drug-likeness (QED) is 0.707. The minimum atomic E-state index is -0.183. The highest BCUT2D eigenvalue weighted by Crippen LogP contribution is 2.36. The third-order valence-corrected chi connectivity index (χ3v) is 3.12. The molecule has 1 heterocycles. The van der Waals surface area contributed by atoms with E-state index >= 15 is 0 Å². The van der Waals surface area contributed by atoms with Gasteiger partial charge in [-0.3, -0.25) is 4.79 Å². The predicted molar refractivity (Wildman–Crippen MR) is 66.6 cm³/mol. The number of benzene rings is 1. The van der Waals surface area contributed by atoms with Gasteiger partial charge in [-0.1, -0.05) is 24.3 Å². The molecule has 1 saturated heterocycles. The molecular weight excluding hydrogens is 198 g/mol. The summed E-state index contributed by atoms with van der Waals surface area (Å²) in [5, 5.41) is 0. The van der Waals surface area contributed by atoms with Crippen molar-refractivity contribution in [2.24, 2.45) is 0 Å². The highest BCUT2D eigenvalue weighted by atomic mass is 16.1. The lowest BCUT2D eigenvalue weighted by molar-refractivity contribution is -0.117. The summed E-state index contributed by atoms with van der Waals surface area (Å²) in [5.41, 5.74) is 0.959. The minimum Gasteiger partial charge on any atom is -0.352 e. The number of anilines is 1. The van der Waals surface area contributed by atoms with E-state index in [-0.39, 0.29) is 17.4 Å². The standard InChI is InChI=1S/C14H17NO/c1-4-12-13(16)10-14(2,3)15(12)11-8-6-5-7-9-11/h4-9,12H,1,10H2,2-3H3. The predicted octanol–water partition coefficient (Wildman–Crippen LogP) is 2.80. The molecule has 1 unspecified atom stereocenters. The molecule has 2 nitrogen and oxygen atoms in total. The molecule has 0 N–H and O–H groups in total. The van der Waals surface area contributed by atoms with Gasteiger partial charge >= 0.3 is 0 Å². The number of carbonyl (C=O) groups excluding carboxylic acids is 1. The molecule has 1 aromatic rings. The fourth-order valence-corrected chi connectivity index (χ4v) is 2.47. The van der Waals surface area contributed by atoms with E-state index in [2.05, 4.69) is 25.3 Å². The second-order valence-electron chi connectivity index (χ2n) is 4.84. The van der Waals surface area contributed by atoms with Gasteiger partial charge < -0.3 is 4.90 Å². The molecule has 0 aliphatic carbocycles. The lowest BCUT2D eigenvalue weighted by atomic mass is 10.0. The molecule has 0 spiro atoms. The Morgan fingerprint density at radius 1 is 1.38 bits per heavy atom. The molecule has 84 valence electrons. The Labute approximate surface area is 96.6 Å². The molecule has 16 heavy (non-hydrogen) atoms. The summed E-state index contributed by atoms with van der Waals surface area (Å²) in [6.07, 6.45) is 2.32. The molecule has 2 heteroatoms. The Kier molecular flexibility index (Phi) is 2.58. The van der Waals surface area contributed by atoms with Crippen LogP contribution >= 0.6 is 0 Å². The molecule has 0 bridgehead atoms. The zero-order chi connectivity index (χ0) is 11.8. The molecule has 1 atom stereocenters. The van der Waals surface area contributed by atoms with Gasteiger partial charge in [0.05, 0.1) is 0 Å². The van der Waals surface area contributed by atoms with Crippen LogP contribution in [0.2, 0.25) is 0 Å². The van der Waals surface area contributed by atoms with E-state index < -0.39 is 0 Å². The Balaban J connectivity index is 2.44.